The van der Waals surface area contributed by atoms with Crippen LogP contribution in [0.1, 0.15) is 78.6 Å². The Balaban J connectivity index is 0.000000187. The number of aromatic carboxylic acids is 2. The molecule has 0 aromatic carbocycles. The smallest absolute Gasteiger partial charge is 0.167 e. The van der Waals surface area contributed by atoms with Crippen LogP contribution in [0.3, 0.4) is 0 Å². The van der Waals surface area contributed by atoms with Crippen molar-refractivity contribution in [2.75, 3.05) is 27.2 Å². The molecule has 186 valence electrons. The van der Waals surface area contributed by atoms with Crippen LogP contribution in [0.2, 0.25) is 0 Å². The molecule has 11 nitrogen and oxygen atoms in total. The van der Waals surface area contributed by atoms with Crippen LogP contribution in [0.4, 0.5) is 0 Å². The molecule has 0 spiro atoms. The topological polar surface area (TPSA) is 194 Å². The number of quaternary nitrogens is 2. The Morgan fingerprint density at radius 1 is 0.853 bits per heavy atom. The molecule has 2 aromatic rings. The Labute approximate surface area is 196 Å². The van der Waals surface area contributed by atoms with Crippen LogP contribution in [-0.4, -0.2) is 61.9 Å². The second-order valence-electron chi connectivity index (χ2n) is 7.97. The first kappa shape index (κ1) is 27.0. The maximum atomic E-state index is 11.3. The van der Waals surface area contributed by atoms with Gasteiger partial charge in [-0.2, -0.15) is 0 Å². The summed E-state index contributed by atoms with van der Waals surface area (Å²) in [7, 11) is 3.91. The molecule has 5 N–H and O–H groups in total. The summed E-state index contributed by atoms with van der Waals surface area (Å²) in [5, 5.41) is 34.1. The van der Waals surface area contributed by atoms with Crippen LogP contribution < -0.4 is 20.8 Å². The van der Waals surface area contributed by atoms with Crippen LogP contribution in [-0.2, 0) is 12.8 Å². The van der Waals surface area contributed by atoms with Gasteiger partial charge in [0.1, 0.15) is 37.1 Å². The molecule has 0 fully saturated rings. The lowest BCUT2D eigenvalue weighted by molar-refractivity contribution is -0.665. The number of aliphatic hydroxyl groups excluding tert-OH is 1. The Bertz CT molecular complexity index is 942. The van der Waals surface area contributed by atoms with Crippen molar-refractivity contribution in [2.24, 2.45) is 0 Å². The molecule has 2 heterocycles. The zero-order valence-electron chi connectivity index (χ0n) is 19.3. The van der Waals surface area contributed by atoms with Crippen LogP contribution >= 0.6 is 0 Å². The molecular formula is C23H30N2O9. The predicted molar refractivity (Wildman–Crippen MR) is 112 cm³/mol. The number of carbonyl (C=O) groups excluding carboxylic acids is 4. The van der Waals surface area contributed by atoms with Gasteiger partial charge in [-0.05, 0) is 12.8 Å². The van der Waals surface area contributed by atoms with E-state index < -0.39 is 11.9 Å². The van der Waals surface area contributed by atoms with Gasteiger partial charge in [-0.1, -0.05) is 0 Å². The third kappa shape index (κ3) is 6.86. The van der Waals surface area contributed by atoms with Gasteiger partial charge in [0.05, 0.1) is 37.2 Å². The van der Waals surface area contributed by atoms with E-state index in [-0.39, 0.29) is 39.9 Å². The molecule has 0 amide bonds. The van der Waals surface area contributed by atoms with E-state index in [1.165, 1.54) is 0 Å². The number of aryl methyl sites for hydroxylation is 2. The number of nitrogens with two attached hydrogens (primary N) is 2. The average Bonchev–Trinajstić information content (AvgIpc) is 3.41. The number of carbonyl (C=O) groups is 4. The lowest BCUT2D eigenvalue weighted by Crippen LogP contribution is -2.88. The summed E-state index contributed by atoms with van der Waals surface area (Å²) in [6, 6.07) is 0. The molecule has 0 unspecified atom stereocenters. The third-order valence-corrected chi connectivity index (χ3v) is 5.36. The Morgan fingerprint density at radius 2 is 1.24 bits per heavy atom. The van der Waals surface area contributed by atoms with Gasteiger partial charge >= 0.3 is 0 Å². The summed E-state index contributed by atoms with van der Waals surface area (Å²) in [6.45, 7) is 1.62. The van der Waals surface area contributed by atoms with Crippen molar-refractivity contribution in [3.8, 4) is 0 Å². The number of fused-ring (bicyclic) bond motifs is 2. The number of ketones is 2. The van der Waals surface area contributed by atoms with Crippen molar-refractivity contribution in [1.29, 1.82) is 0 Å². The third-order valence-electron chi connectivity index (χ3n) is 5.36. The fourth-order valence-electron chi connectivity index (χ4n) is 3.79. The zero-order chi connectivity index (χ0) is 25.3. The number of carboxylic acid groups (broad SMARTS) is 2. The number of rotatable bonds is 6. The van der Waals surface area contributed by atoms with Crippen molar-refractivity contribution in [3.63, 3.8) is 0 Å². The molecule has 0 bridgehead atoms. The Morgan fingerprint density at radius 3 is 1.56 bits per heavy atom. The van der Waals surface area contributed by atoms with Gasteiger partial charge in [0, 0.05) is 36.8 Å². The Hall–Kier alpha value is -3.28. The summed E-state index contributed by atoms with van der Waals surface area (Å²) in [4.78, 5) is 43.8. The zero-order valence-corrected chi connectivity index (χ0v) is 19.3. The number of aliphatic hydroxyl groups is 1. The minimum atomic E-state index is -1.35. The molecule has 0 saturated carbocycles. The van der Waals surface area contributed by atoms with E-state index in [0.29, 0.717) is 37.2 Å². The van der Waals surface area contributed by atoms with Crippen LogP contribution in [0.15, 0.2) is 21.4 Å². The van der Waals surface area contributed by atoms with E-state index >= 15 is 0 Å². The number of likely N-dealkylation sites (N-methyl/N-ethyl adjacent to an activating group) is 2. The van der Waals surface area contributed by atoms with Crippen LogP contribution in [0.25, 0.3) is 0 Å². The van der Waals surface area contributed by atoms with Crippen LogP contribution in [0.5, 0.6) is 0 Å². The highest BCUT2D eigenvalue weighted by Gasteiger charge is 2.25. The number of hydrogen-bond acceptors (Lipinski definition) is 9. The SMILES string of the molecule is C[NH2+]CC(O)C[NH2+]C.O=C([O-])c1coc2c1C(=O)CCC2.O=C([O-])c1coc2c1C(=O)CCC2. The second kappa shape index (κ2) is 12.8. The standard InChI is InChI=1S/2C9H8O4.C5H14N2O/c2*10-6-2-1-3-7-8(6)5(4-13-7)9(11)12;1-6-3-5(8)4-7-2/h2*4H,1-3H2,(H,11,12);5-8H,3-4H2,1-2H3. The highest BCUT2D eigenvalue weighted by Crippen LogP contribution is 2.26. The van der Waals surface area contributed by atoms with Crippen molar-refractivity contribution >= 4 is 23.5 Å². The second-order valence-corrected chi connectivity index (χ2v) is 7.97. The maximum absolute atomic E-state index is 11.3. The quantitative estimate of drug-likeness (QED) is 0.389. The molecule has 2 aliphatic rings. The maximum Gasteiger partial charge on any atom is 0.167 e. The van der Waals surface area contributed by atoms with Crippen molar-refractivity contribution in [3.05, 3.63) is 46.3 Å². The minimum absolute atomic E-state index is 0.111. The van der Waals surface area contributed by atoms with Crippen LogP contribution in [0, 0.1) is 0 Å². The van der Waals surface area contributed by atoms with Gasteiger partial charge in [-0.25, -0.2) is 0 Å². The fraction of sp³-hybridized carbons (Fsp3) is 0.478. The van der Waals surface area contributed by atoms with Gasteiger partial charge < -0.3 is 44.4 Å². The van der Waals surface area contributed by atoms with E-state index in [0.717, 1.165) is 38.5 Å². The minimum Gasteiger partial charge on any atom is -0.545 e. The number of Topliss-reactive ketones (excluding diaryl/α,β-unsaturated/α-hetero) is 2. The summed E-state index contributed by atoms with van der Waals surface area (Å²) in [5.41, 5.74) is 0.205. The normalized spacial score (nSPS) is 14.4. The summed E-state index contributed by atoms with van der Waals surface area (Å²) in [6.07, 6.45) is 5.54. The molecule has 34 heavy (non-hydrogen) atoms. The van der Waals surface area contributed by atoms with E-state index in [2.05, 4.69) is 0 Å². The first-order valence-corrected chi connectivity index (χ1v) is 11.1. The van der Waals surface area contributed by atoms with Gasteiger partial charge in [-0.15, -0.1) is 0 Å². The number of carboxylic acids is 2. The van der Waals surface area contributed by atoms with E-state index in [4.69, 9.17) is 13.9 Å². The number of furan rings is 2. The molecule has 0 radical (unpaired) electrons. The molecule has 0 saturated heterocycles. The monoisotopic (exact) mass is 478 g/mol. The fourth-order valence-corrected chi connectivity index (χ4v) is 3.79. The molecule has 2 aliphatic carbocycles. The highest BCUT2D eigenvalue weighted by atomic mass is 16.4. The summed E-state index contributed by atoms with van der Waals surface area (Å²) in [5.74, 6) is -2.05. The van der Waals surface area contributed by atoms with Gasteiger partial charge in [0.15, 0.2) is 17.7 Å². The van der Waals surface area contributed by atoms with E-state index in [1.807, 2.05) is 24.7 Å². The first-order chi connectivity index (χ1) is 16.2. The van der Waals surface area contributed by atoms with E-state index in [1.54, 1.807) is 0 Å². The van der Waals surface area contributed by atoms with Gasteiger partial charge in [-0.3, -0.25) is 9.59 Å². The van der Waals surface area contributed by atoms with Crippen molar-refractivity contribution < 1.29 is 54.0 Å². The average molecular weight is 478 g/mol. The first-order valence-electron chi connectivity index (χ1n) is 11.1. The molecule has 11 heteroatoms. The predicted octanol–water partition coefficient (Wildman–Crippen LogP) is -2.94. The number of hydrogen-bond donors (Lipinski definition) is 3. The lowest BCUT2D eigenvalue weighted by Gasteiger charge is -2.09. The molecule has 0 aliphatic heterocycles. The Kier molecular flexibility index (Phi) is 10.2. The van der Waals surface area contributed by atoms with Gasteiger partial charge in [0.25, 0.3) is 0 Å². The molecule has 0 atom stereocenters. The lowest BCUT2D eigenvalue weighted by atomic mass is 9.94. The molecular weight excluding hydrogens is 448 g/mol. The molecule has 4 rings (SSSR count). The summed E-state index contributed by atoms with van der Waals surface area (Å²) < 4.78 is 9.95. The van der Waals surface area contributed by atoms with E-state index in [9.17, 15) is 29.4 Å². The summed E-state index contributed by atoms with van der Waals surface area (Å²) >= 11 is 0. The van der Waals surface area contributed by atoms with Gasteiger partial charge in [0.2, 0.25) is 0 Å². The molecule has 2 aromatic heterocycles. The van der Waals surface area contributed by atoms with Crippen molar-refractivity contribution in [1.82, 2.24) is 0 Å². The van der Waals surface area contributed by atoms with Crippen molar-refractivity contribution in [2.45, 2.75) is 44.6 Å². The largest absolute Gasteiger partial charge is 0.545 e. The highest BCUT2D eigenvalue weighted by molar-refractivity contribution is 6.07.